The molecule has 0 saturated carbocycles. The lowest BCUT2D eigenvalue weighted by molar-refractivity contribution is 0.981. The monoisotopic (exact) mass is 243 g/mol. The molecule has 0 atom stereocenters. The van der Waals surface area contributed by atoms with Gasteiger partial charge in [0.25, 0.3) is 0 Å². The summed E-state index contributed by atoms with van der Waals surface area (Å²) in [6, 6.07) is 5.86. The van der Waals surface area contributed by atoms with Crippen LogP contribution < -0.4 is 10.6 Å². The summed E-state index contributed by atoms with van der Waals surface area (Å²) in [5, 5.41) is 6.36. The summed E-state index contributed by atoms with van der Waals surface area (Å²) in [6.07, 6.45) is 1.79. The summed E-state index contributed by atoms with van der Waals surface area (Å²) in [5.74, 6) is 2.44. The zero-order valence-electron chi connectivity index (χ0n) is 10.9. The highest BCUT2D eigenvalue weighted by atomic mass is 15.1. The lowest BCUT2D eigenvalue weighted by Gasteiger charge is -2.12. The molecule has 5 nitrogen and oxygen atoms in total. The van der Waals surface area contributed by atoms with Crippen molar-refractivity contribution in [1.29, 1.82) is 0 Å². The lowest BCUT2D eigenvalue weighted by Crippen LogP contribution is -2.08. The van der Waals surface area contributed by atoms with Crippen LogP contribution in [0.3, 0.4) is 0 Å². The molecule has 0 aliphatic carbocycles. The molecule has 0 fully saturated rings. The van der Waals surface area contributed by atoms with E-state index in [2.05, 4.69) is 25.6 Å². The number of aryl methyl sites for hydroxylation is 1. The highest BCUT2D eigenvalue weighted by molar-refractivity contribution is 5.56. The third-order valence-corrected chi connectivity index (χ3v) is 2.66. The van der Waals surface area contributed by atoms with Gasteiger partial charge in [-0.1, -0.05) is 6.07 Å². The Bertz CT molecular complexity index is 524. The molecule has 18 heavy (non-hydrogen) atoms. The number of pyridine rings is 1. The maximum absolute atomic E-state index is 4.41. The molecule has 0 amide bonds. The van der Waals surface area contributed by atoms with E-state index in [9.17, 15) is 0 Å². The number of anilines is 2. The largest absolute Gasteiger partial charge is 0.373 e. The quantitative estimate of drug-likeness (QED) is 0.861. The maximum atomic E-state index is 4.41. The van der Waals surface area contributed by atoms with E-state index in [-0.39, 0.29) is 0 Å². The molecule has 0 aliphatic heterocycles. The summed E-state index contributed by atoms with van der Waals surface area (Å²) in [7, 11) is 1.86. The van der Waals surface area contributed by atoms with Crippen molar-refractivity contribution in [2.24, 2.45) is 0 Å². The maximum Gasteiger partial charge on any atom is 0.135 e. The SMILES string of the molecule is CNc1nc(C)nc(NCc2ccccn2)c1C. The summed E-state index contributed by atoms with van der Waals surface area (Å²) in [4.78, 5) is 13.0. The van der Waals surface area contributed by atoms with Gasteiger partial charge in [-0.2, -0.15) is 0 Å². The minimum absolute atomic E-state index is 0.654. The van der Waals surface area contributed by atoms with Crippen molar-refractivity contribution < 1.29 is 0 Å². The Labute approximate surface area is 107 Å². The van der Waals surface area contributed by atoms with Crippen LogP contribution in [0.15, 0.2) is 24.4 Å². The Kier molecular flexibility index (Phi) is 3.72. The first-order chi connectivity index (χ1) is 8.70. The van der Waals surface area contributed by atoms with Crippen LogP contribution >= 0.6 is 0 Å². The van der Waals surface area contributed by atoms with Crippen molar-refractivity contribution >= 4 is 11.6 Å². The van der Waals surface area contributed by atoms with E-state index >= 15 is 0 Å². The van der Waals surface area contributed by atoms with E-state index in [1.165, 1.54) is 0 Å². The summed E-state index contributed by atoms with van der Waals surface area (Å²) < 4.78 is 0. The first kappa shape index (κ1) is 12.3. The topological polar surface area (TPSA) is 62.7 Å². The molecule has 94 valence electrons. The van der Waals surface area contributed by atoms with Gasteiger partial charge in [0, 0.05) is 18.8 Å². The van der Waals surface area contributed by atoms with Gasteiger partial charge >= 0.3 is 0 Å². The Morgan fingerprint density at radius 2 is 1.89 bits per heavy atom. The minimum atomic E-state index is 0.654. The molecule has 0 aromatic carbocycles. The first-order valence-corrected chi connectivity index (χ1v) is 5.87. The van der Waals surface area contributed by atoms with Crippen LogP contribution in [0.25, 0.3) is 0 Å². The smallest absolute Gasteiger partial charge is 0.135 e. The number of hydrogen-bond donors (Lipinski definition) is 2. The van der Waals surface area contributed by atoms with Crippen molar-refractivity contribution in [3.8, 4) is 0 Å². The standard InChI is InChI=1S/C13H17N5/c1-9-12(14-3)17-10(2)18-13(9)16-8-11-6-4-5-7-15-11/h4-7H,8H2,1-3H3,(H2,14,16,17,18). The van der Waals surface area contributed by atoms with Gasteiger partial charge in [0.2, 0.25) is 0 Å². The van der Waals surface area contributed by atoms with Crippen molar-refractivity contribution in [3.63, 3.8) is 0 Å². The molecular weight excluding hydrogens is 226 g/mol. The number of nitrogens with zero attached hydrogens (tertiary/aromatic N) is 3. The average Bonchev–Trinajstić information content (AvgIpc) is 2.40. The van der Waals surface area contributed by atoms with E-state index < -0.39 is 0 Å². The van der Waals surface area contributed by atoms with Crippen molar-refractivity contribution in [1.82, 2.24) is 15.0 Å². The van der Waals surface area contributed by atoms with Gasteiger partial charge in [0.15, 0.2) is 0 Å². The van der Waals surface area contributed by atoms with Crippen molar-refractivity contribution in [3.05, 3.63) is 41.5 Å². The number of hydrogen-bond acceptors (Lipinski definition) is 5. The van der Waals surface area contributed by atoms with Crippen LogP contribution in [-0.4, -0.2) is 22.0 Å². The van der Waals surface area contributed by atoms with Gasteiger partial charge in [-0.05, 0) is 26.0 Å². The zero-order valence-corrected chi connectivity index (χ0v) is 10.9. The van der Waals surface area contributed by atoms with Gasteiger partial charge in [-0.15, -0.1) is 0 Å². The molecule has 2 heterocycles. The first-order valence-electron chi connectivity index (χ1n) is 5.87. The third-order valence-electron chi connectivity index (χ3n) is 2.66. The Balaban J connectivity index is 2.17. The zero-order chi connectivity index (χ0) is 13.0. The van der Waals surface area contributed by atoms with Gasteiger partial charge in [0.1, 0.15) is 17.5 Å². The van der Waals surface area contributed by atoms with Crippen LogP contribution in [0.2, 0.25) is 0 Å². The Hall–Kier alpha value is -2.17. The van der Waals surface area contributed by atoms with E-state index in [1.54, 1.807) is 6.20 Å². The normalized spacial score (nSPS) is 10.2. The predicted octanol–water partition coefficient (Wildman–Crippen LogP) is 2.14. The second-order valence-electron chi connectivity index (χ2n) is 4.02. The molecule has 0 bridgehead atoms. The van der Waals surface area contributed by atoms with Crippen molar-refractivity contribution in [2.75, 3.05) is 17.7 Å². The summed E-state index contributed by atoms with van der Waals surface area (Å²) in [5.41, 5.74) is 2.00. The molecule has 5 heteroatoms. The average molecular weight is 243 g/mol. The molecular formula is C13H17N5. The molecule has 0 saturated heterocycles. The summed E-state index contributed by atoms with van der Waals surface area (Å²) >= 11 is 0. The fourth-order valence-corrected chi connectivity index (χ4v) is 1.72. The second kappa shape index (κ2) is 5.44. The molecule has 0 spiro atoms. The number of nitrogens with one attached hydrogen (secondary N) is 2. The molecule has 2 aromatic heterocycles. The van der Waals surface area contributed by atoms with Gasteiger partial charge in [-0.25, -0.2) is 9.97 Å². The van der Waals surface area contributed by atoms with E-state index in [1.807, 2.05) is 39.1 Å². The van der Waals surface area contributed by atoms with Crippen LogP contribution in [0.1, 0.15) is 17.1 Å². The molecule has 0 unspecified atom stereocenters. The van der Waals surface area contributed by atoms with Crippen LogP contribution in [0, 0.1) is 13.8 Å². The molecule has 2 N–H and O–H groups in total. The fourth-order valence-electron chi connectivity index (χ4n) is 1.72. The predicted molar refractivity (Wildman–Crippen MR) is 72.6 cm³/mol. The fraction of sp³-hybridized carbons (Fsp3) is 0.308. The van der Waals surface area contributed by atoms with E-state index in [0.717, 1.165) is 28.7 Å². The van der Waals surface area contributed by atoms with E-state index in [4.69, 9.17) is 0 Å². The molecule has 2 rings (SSSR count). The van der Waals surface area contributed by atoms with Crippen LogP contribution in [-0.2, 0) is 6.54 Å². The Morgan fingerprint density at radius 1 is 1.11 bits per heavy atom. The number of aromatic nitrogens is 3. The van der Waals surface area contributed by atoms with Crippen LogP contribution in [0.5, 0.6) is 0 Å². The van der Waals surface area contributed by atoms with Gasteiger partial charge in [0.05, 0.1) is 12.2 Å². The number of rotatable bonds is 4. The highest BCUT2D eigenvalue weighted by Gasteiger charge is 2.07. The highest BCUT2D eigenvalue weighted by Crippen LogP contribution is 2.19. The molecule has 2 aromatic rings. The minimum Gasteiger partial charge on any atom is -0.373 e. The van der Waals surface area contributed by atoms with Gasteiger partial charge < -0.3 is 10.6 Å². The lowest BCUT2D eigenvalue weighted by atomic mass is 10.3. The van der Waals surface area contributed by atoms with Gasteiger partial charge in [-0.3, -0.25) is 4.98 Å². The molecule has 0 aliphatic rings. The Morgan fingerprint density at radius 3 is 2.56 bits per heavy atom. The molecule has 0 radical (unpaired) electrons. The van der Waals surface area contributed by atoms with Crippen LogP contribution in [0.4, 0.5) is 11.6 Å². The van der Waals surface area contributed by atoms with Crippen molar-refractivity contribution in [2.45, 2.75) is 20.4 Å². The third kappa shape index (κ3) is 2.74. The summed E-state index contributed by atoms with van der Waals surface area (Å²) in [6.45, 7) is 4.53. The van der Waals surface area contributed by atoms with E-state index in [0.29, 0.717) is 6.54 Å². The second-order valence-corrected chi connectivity index (χ2v) is 4.02.